The van der Waals surface area contributed by atoms with Crippen molar-refractivity contribution in [3.63, 3.8) is 0 Å². The van der Waals surface area contributed by atoms with Crippen LogP contribution in [0.2, 0.25) is 0 Å². The molecular weight excluding hydrogens is 482 g/mol. The molecule has 3 heterocycles. The monoisotopic (exact) mass is 507 g/mol. The predicted molar refractivity (Wildman–Crippen MR) is 144 cm³/mol. The second-order valence-corrected chi connectivity index (χ2v) is 10.5. The fourth-order valence-electron chi connectivity index (χ4n) is 6.17. The Morgan fingerprint density at radius 1 is 0.765 bits per heavy atom. The molecule has 1 atom stereocenters. The molecule has 0 aromatic heterocycles. The Balaban J connectivity index is 1.47. The Kier molecular flexibility index (Phi) is 4.63. The van der Waals surface area contributed by atoms with Gasteiger partial charge in [-0.1, -0.05) is 70.5 Å². The van der Waals surface area contributed by atoms with Crippen molar-refractivity contribution in [3.05, 3.63) is 111 Å². The lowest BCUT2D eigenvalue weighted by Crippen LogP contribution is -2.37. The molecule has 34 heavy (non-hydrogen) atoms. The van der Waals surface area contributed by atoms with Gasteiger partial charge >= 0.3 is 0 Å². The number of ether oxygens (including phenoxy) is 1. The van der Waals surface area contributed by atoms with Gasteiger partial charge in [-0.25, -0.2) is 0 Å². The summed E-state index contributed by atoms with van der Waals surface area (Å²) in [5.41, 5.74) is 7.36. The maximum atomic E-state index is 7.09. The van der Waals surface area contributed by atoms with Crippen molar-refractivity contribution < 1.29 is 4.74 Å². The van der Waals surface area contributed by atoms with E-state index in [0.29, 0.717) is 0 Å². The van der Waals surface area contributed by atoms with Crippen molar-refractivity contribution in [2.24, 2.45) is 0 Å². The van der Waals surface area contributed by atoms with Crippen LogP contribution in [-0.4, -0.2) is 13.1 Å². The summed E-state index contributed by atoms with van der Waals surface area (Å²) in [5.74, 6) is 0.921. The summed E-state index contributed by atoms with van der Waals surface area (Å²) in [5, 5.41) is 2.42. The third-order valence-electron chi connectivity index (χ3n) is 7.72. The smallest absolute Gasteiger partial charge is 0.178 e. The van der Waals surface area contributed by atoms with Gasteiger partial charge in [0, 0.05) is 39.9 Å². The van der Waals surface area contributed by atoms with Crippen LogP contribution in [0.1, 0.15) is 40.7 Å². The number of hydrogen-bond donors (Lipinski definition) is 0. The minimum absolute atomic E-state index is 0.651. The van der Waals surface area contributed by atoms with Crippen LogP contribution in [-0.2, 0) is 18.4 Å². The number of anilines is 1. The first kappa shape index (κ1) is 20.3. The molecule has 0 saturated heterocycles. The normalized spacial score (nSPS) is 20.6. The third-order valence-corrected chi connectivity index (χ3v) is 8.37. The van der Waals surface area contributed by atoms with E-state index in [-0.39, 0.29) is 0 Å². The van der Waals surface area contributed by atoms with E-state index in [4.69, 9.17) is 4.74 Å². The average molecular weight is 508 g/mol. The molecule has 2 nitrogen and oxygen atoms in total. The molecule has 3 aliphatic rings. The van der Waals surface area contributed by atoms with Gasteiger partial charge < -0.3 is 9.64 Å². The standard InChI is InChI=1S/C31H26BrNO/c32-28-20-29-27(25-12-4-5-13-26(25)28)14-15-31(34-29,23-10-2-1-3-11-23)24-18-21-8-6-16-33-17-7-9-22(19-24)30(21)33/h1-5,10-15,18-20H,6-9,16-17H2. The highest BCUT2D eigenvalue weighted by molar-refractivity contribution is 9.10. The van der Waals surface area contributed by atoms with E-state index in [1.165, 1.54) is 59.1 Å². The number of halogens is 1. The zero-order chi connectivity index (χ0) is 22.7. The molecule has 0 saturated carbocycles. The number of benzene rings is 4. The lowest BCUT2D eigenvalue weighted by Gasteiger charge is -2.40. The van der Waals surface area contributed by atoms with Crippen LogP contribution >= 0.6 is 15.9 Å². The van der Waals surface area contributed by atoms with E-state index in [9.17, 15) is 0 Å². The summed E-state index contributed by atoms with van der Waals surface area (Å²) < 4.78 is 8.15. The minimum Gasteiger partial charge on any atom is -0.473 e. The lowest BCUT2D eigenvalue weighted by atomic mass is 9.79. The van der Waals surface area contributed by atoms with E-state index in [0.717, 1.165) is 34.2 Å². The van der Waals surface area contributed by atoms with Gasteiger partial charge in [-0.05, 0) is 77.9 Å². The second kappa shape index (κ2) is 7.74. The van der Waals surface area contributed by atoms with Crippen molar-refractivity contribution >= 4 is 38.5 Å². The molecule has 3 heteroatoms. The molecular formula is C31H26BrNO. The van der Waals surface area contributed by atoms with Crippen molar-refractivity contribution in [3.8, 4) is 5.75 Å². The van der Waals surface area contributed by atoms with Gasteiger partial charge in [0.15, 0.2) is 5.60 Å². The molecule has 7 rings (SSSR count). The molecule has 0 spiro atoms. The molecule has 168 valence electrons. The molecule has 0 N–H and O–H groups in total. The van der Waals surface area contributed by atoms with Gasteiger partial charge in [-0.3, -0.25) is 0 Å². The van der Waals surface area contributed by atoms with Crippen LogP contribution in [0, 0.1) is 0 Å². The SMILES string of the molecule is Brc1cc2c(c3ccccc13)C=CC(c1ccccc1)(c1cc3c4c(c1)CCCN4CCC3)O2. The zero-order valence-corrected chi connectivity index (χ0v) is 20.6. The number of fused-ring (bicyclic) bond motifs is 3. The summed E-state index contributed by atoms with van der Waals surface area (Å²) in [6.07, 6.45) is 9.31. The summed E-state index contributed by atoms with van der Waals surface area (Å²) >= 11 is 3.80. The van der Waals surface area contributed by atoms with Gasteiger partial charge in [0.2, 0.25) is 0 Å². The second-order valence-electron chi connectivity index (χ2n) is 9.69. The molecule has 4 aromatic carbocycles. The van der Waals surface area contributed by atoms with Crippen molar-refractivity contribution in [2.45, 2.75) is 31.3 Å². The average Bonchev–Trinajstić information content (AvgIpc) is 2.89. The number of aryl methyl sites for hydroxylation is 2. The molecule has 0 bridgehead atoms. The molecule has 1 unspecified atom stereocenters. The topological polar surface area (TPSA) is 12.5 Å². The van der Waals surface area contributed by atoms with E-state index in [1.807, 2.05) is 0 Å². The van der Waals surface area contributed by atoms with Gasteiger partial charge in [0.25, 0.3) is 0 Å². The van der Waals surface area contributed by atoms with E-state index in [1.54, 1.807) is 0 Å². The van der Waals surface area contributed by atoms with Crippen molar-refractivity contribution in [2.75, 3.05) is 18.0 Å². The fraction of sp³-hybridized carbons (Fsp3) is 0.226. The third kappa shape index (κ3) is 2.99. The zero-order valence-electron chi connectivity index (χ0n) is 19.1. The molecule has 0 aliphatic carbocycles. The van der Waals surface area contributed by atoms with Gasteiger partial charge in [-0.15, -0.1) is 0 Å². The Morgan fingerprint density at radius 3 is 2.18 bits per heavy atom. The summed E-state index contributed by atoms with van der Waals surface area (Å²) in [6, 6.07) is 26.2. The molecule has 3 aliphatic heterocycles. The molecule has 4 aromatic rings. The van der Waals surface area contributed by atoms with Crippen LogP contribution in [0.15, 0.2) is 83.3 Å². The first-order chi connectivity index (χ1) is 16.7. The highest BCUT2D eigenvalue weighted by Gasteiger charge is 2.39. The molecule has 0 amide bonds. The fourth-order valence-corrected chi connectivity index (χ4v) is 6.73. The van der Waals surface area contributed by atoms with Crippen LogP contribution in [0.25, 0.3) is 16.8 Å². The molecule has 0 fully saturated rings. The largest absolute Gasteiger partial charge is 0.473 e. The quantitative estimate of drug-likeness (QED) is 0.276. The lowest BCUT2D eigenvalue weighted by molar-refractivity contribution is 0.161. The number of hydrogen-bond acceptors (Lipinski definition) is 2. The maximum absolute atomic E-state index is 7.09. The maximum Gasteiger partial charge on any atom is 0.178 e. The first-order valence-corrected chi connectivity index (χ1v) is 13.1. The van der Waals surface area contributed by atoms with Crippen molar-refractivity contribution in [1.82, 2.24) is 0 Å². The van der Waals surface area contributed by atoms with Crippen LogP contribution in [0.3, 0.4) is 0 Å². The van der Waals surface area contributed by atoms with Gasteiger partial charge in [0.1, 0.15) is 5.75 Å². The highest BCUT2D eigenvalue weighted by Crippen LogP contribution is 2.48. The van der Waals surface area contributed by atoms with Gasteiger partial charge in [0.05, 0.1) is 0 Å². The number of rotatable bonds is 2. The van der Waals surface area contributed by atoms with Crippen LogP contribution in [0.4, 0.5) is 5.69 Å². The van der Waals surface area contributed by atoms with Crippen LogP contribution < -0.4 is 9.64 Å². The number of nitrogens with zero attached hydrogens (tertiary/aromatic N) is 1. The van der Waals surface area contributed by atoms with E-state index < -0.39 is 5.60 Å². The Morgan fingerprint density at radius 2 is 1.44 bits per heavy atom. The highest BCUT2D eigenvalue weighted by atomic mass is 79.9. The summed E-state index contributed by atoms with van der Waals surface area (Å²) in [7, 11) is 0. The Hall–Kier alpha value is -3.04. The van der Waals surface area contributed by atoms with Crippen molar-refractivity contribution in [1.29, 1.82) is 0 Å². The minimum atomic E-state index is -0.651. The van der Waals surface area contributed by atoms with E-state index in [2.05, 4.69) is 106 Å². The first-order valence-electron chi connectivity index (χ1n) is 12.3. The van der Waals surface area contributed by atoms with E-state index >= 15 is 0 Å². The molecule has 0 radical (unpaired) electrons. The van der Waals surface area contributed by atoms with Gasteiger partial charge in [-0.2, -0.15) is 0 Å². The van der Waals surface area contributed by atoms with Crippen LogP contribution in [0.5, 0.6) is 5.75 Å². The summed E-state index contributed by atoms with van der Waals surface area (Å²) in [4.78, 5) is 2.60. The Labute approximate surface area is 209 Å². The predicted octanol–water partition coefficient (Wildman–Crippen LogP) is 7.65. The Bertz CT molecular complexity index is 1430. The summed E-state index contributed by atoms with van der Waals surface area (Å²) in [6.45, 7) is 2.38.